The highest BCUT2D eigenvalue weighted by molar-refractivity contribution is 7.14. The van der Waals surface area contributed by atoms with Crippen LogP contribution in [0, 0.1) is 12.3 Å². The Balaban J connectivity index is 2.13. The van der Waals surface area contributed by atoms with Crippen LogP contribution in [-0.2, 0) is 16.0 Å². The van der Waals surface area contributed by atoms with Crippen LogP contribution in [0.3, 0.4) is 0 Å². The van der Waals surface area contributed by atoms with Gasteiger partial charge in [0.25, 0.3) is 5.91 Å². The number of amides is 1. The molecule has 1 aromatic heterocycles. The van der Waals surface area contributed by atoms with Gasteiger partial charge in [0.1, 0.15) is 5.41 Å². The minimum atomic E-state index is -1.06. The zero-order chi connectivity index (χ0) is 14.9. The summed E-state index contributed by atoms with van der Waals surface area (Å²) in [6.45, 7) is 5.99. The van der Waals surface area contributed by atoms with Gasteiger partial charge >= 0.3 is 5.97 Å². The van der Waals surface area contributed by atoms with Crippen molar-refractivity contribution in [3.63, 3.8) is 0 Å². The second kappa shape index (κ2) is 5.54. The lowest BCUT2D eigenvalue weighted by atomic mass is 9.85. The van der Waals surface area contributed by atoms with Crippen LogP contribution in [0.2, 0.25) is 0 Å². The van der Waals surface area contributed by atoms with Crippen molar-refractivity contribution >= 4 is 23.2 Å². The molecule has 5 nitrogen and oxygen atoms in total. The maximum Gasteiger partial charge on any atom is 0.313 e. The van der Waals surface area contributed by atoms with Crippen LogP contribution in [0.4, 0.5) is 0 Å². The number of hydrogen-bond donors (Lipinski definition) is 2. The van der Waals surface area contributed by atoms with Gasteiger partial charge in [0.05, 0.1) is 24.1 Å². The van der Waals surface area contributed by atoms with E-state index in [1.54, 1.807) is 6.92 Å². The molecule has 1 aliphatic heterocycles. The zero-order valence-electron chi connectivity index (χ0n) is 11.9. The molecule has 6 heteroatoms. The zero-order valence-corrected chi connectivity index (χ0v) is 12.7. The number of nitrogens with one attached hydrogen (secondary N) is 1. The third-order valence-electron chi connectivity index (χ3n) is 3.81. The Labute approximate surface area is 121 Å². The van der Waals surface area contributed by atoms with Gasteiger partial charge in [0.2, 0.25) is 0 Å². The van der Waals surface area contributed by atoms with Crippen LogP contribution in [0.1, 0.15) is 34.0 Å². The number of aliphatic carboxylic acids is 1. The lowest BCUT2D eigenvalue weighted by Gasteiger charge is -2.25. The fourth-order valence-corrected chi connectivity index (χ4v) is 3.31. The van der Waals surface area contributed by atoms with Crippen molar-refractivity contribution in [3.8, 4) is 0 Å². The number of hydrogen-bond acceptors (Lipinski definition) is 4. The number of thiophene rings is 1. The molecule has 1 fully saturated rings. The van der Waals surface area contributed by atoms with Crippen molar-refractivity contribution < 1.29 is 19.4 Å². The van der Waals surface area contributed by atoms with E-state index in [1.165, 1.54) is 16.2 Å². The van der Waals surface area contributed by atoms with E-state index in [0.717, 1.165) is 12.0 Å². The van der Waals surface area contributed by atoms with E-state index >= 15 is 0 Å². The van der Waals surface area contributed by atoms with Gasteiger partial charge in [-0.1, -0.05) is 6.92 Å². The molecule has 1 aromatic rings. The smallest absolute Gasteiger partial charge is 0.313 e. The molecule has 0 saturated carbocycles. The molecule has 2 atom stereocenters. The first-order valence-corrected chi connectivity index (χ1v) is 7.41. The Hall–Kier alpha value is -1.40. The highest BCUT2D eigenvalue weighted by Gasteiger charge is 2.47. The number of carbonyl (C=O) groups excluding carboxylic acids is 1. The second-order valence-corrected chi connectivity index (χ2v) is 6.47. The van der Waals surface area contributed by atoms with E-state index in [1.807, 2.05) is 19.9 Å². The van der Waals surface area contributed by atoms with Gasteiger partial charge < -0.3 is 15.2 Å². The van der Waals surface area contributed by atoms with Crippen molar-refractivity contribution in [3.05, 3.63) is 21.4 Å². The Morgan fingerprint density at radius 2 is 2.30 bits per heavy atom. The maximum atomic E-state index is 12.2. The quantitative estimate of drug-likeness (QED) is 0.889. The summed E-state index contributed by atoms with van der Waals surface area (Å²) in [5.41, 5.74) is 0.0431. The Bertz CT molecular complexity index is 539. The van der Waals surface area contributed by atoms with E-state index in [9.17, 15) is 14.7 Å². The van der Waals surface area contributed by atoms with Gasteiger partial charge in [-0.25, -0.2) is 0 Å². The molecular weight excluding hydrogens is 278 g/mol. The predicted octanol–water partition coefficient (Wildman–Crippen LogP) is 1.84. The molecule has 20 heavy (non-hydrogen) atoms. The highest BCUT2D eigenvalue weighted by atomic mass is 32.1. The molecular formula is C14H19NO4S. The summed E-state index contributed by atoms with van der Waals surface area (Å²) < 4.78 is 5.23. The second-order valence-electron chi connectivity index (χ2n) is 5.33. The first kappa shape index (κ1) is 15.0. The fourth-order valence-electron chi connectivity index (χ4n) is 2.30. The van der Waals surface area contributed by atoms with Crippen molar-refractivity contribution in [2.75, 3.05) is 13.2 Å². The SMILES string of the molecule is CCc1sc(C(=O)NC2COCC2(C)C(=O)O)cc1C. The first-order chi connectivity index (χ1) is 9.38. The Kier molecular flexibility index (Phi) is 4.15. The van der Waals surface area contributed by atoms with E-state index in [0.29, 0.717) is 4.88 Å². The number of ether oxygens (including phenoxy) is 1. The summed E-state index contributed by atoms with van der Waals surface area (Å²) in [7, 11) is 0. The van der Waals surface area contributed by atoms with Crippen molar-refractivity contribution in [2.24, 2.45) is 5.41 Å². The standard InChI is InChI=1S/C14H19NO4S/c1-4-9-8(2)5-10(20-9)12(16)15-11-6-19-7-14(11,3)13(17)18/h5,11H,4,6-7H2,1-3H3,(H,15,16)(H,17,18). The predicted molar refractivity (Wildman–Crippen MR) is 76.3 cm³/mol. The number of carboxylic acids is 1. The summed E-state index contributed by atoms with van der Waals surface area (Å²) in [5, 5.41) is 12.1. The number of carbonyl (C=O) groups is 2. The average molecular weight is 297 g/mol. The van der Waals surface area contributed by atoms with Gasteiger partial charge in [0.15, 0.2) is 0 Å². The Morgan fingerprint density at radius 1 is 1.60 bits per heavy atom. The third kappa shape index (κ3) is 2.58. The maximum absolute atomic E-state index is 12.2. The van der Waals surface area contributed by atoms with E-state index in [2.05, 4.69) is 5.32 Å². The average Bonchev–Trinajstić information content (AvgIpc) is 2.94. The summed E-state index contributed by atoms with van der Waals surface area (Å²) in [6.07, 6.45) is 0.892. The van der Waals surface area contributed by atoms with Crippen molar-refractivity contribution in [2.45, 2.75) is 33.2 Å². The minimum absolute atomic E-state index is 0.122. The van der Waals surface area contributed by atoms with Crippen LogP contribution in [0.5, 0.6) is 0 Å². The van der Waals surface area contributed by atoms with Crippen LogP contribution in [-0.4, -0.2) is 36.2 Å². The molecule has 0 bridgehead atoms. The molecule has 110 valence electrons. The number of aryl methyl sites for hydroxylation is 2. The normalized spacial score (nSPS) is 25.6. The number of carboxylic acid groups (broad SMARTS) is 1. The lowest BCUT2D eigenvalue weighted by Crippen LogP contribution is -2.49. The van der Waals surface area contributed by atoms with Crippen molar-refractivity contribution in [1.82, 2.24) is 5.32 Å². The topological polar surface area (TPSA) is 75.6 Å². The monoisotopic (exact) mass is 297 g/mol. The Morgan fingerprint density at radius 3 is 2.85 bits per heavy atom. The molecule has 1 amide bonds. The van der Waals surface area contributed by atoms with Gasteiger partial charge in [-0.15, -0.1) is 11.3 Å². The van der Waals surface area contributed by atoms with E-state index in [-0.39, 0.29) is 19.1 Å². The molecule has 2 heterocycles. The molecule has 2 rings (SSSR count). The molecule has 2 unspecified atom stereocenters. The molecule has 0 aliphatic carbocycles. The van der Waals surface area contributed by atoms with Crippen LogP contribution in [0.25, 0.3) is 0 Å². The molecule has 1 aliphatic rings. The first-order valence-electron chi connectivity index (χ1n) is 6.59. The van der Waals surface area contributed by atoms with Gasteiger partial charge in [0, 0.05) is 4.88 Å². The summed E-state index contributed by atoms with van der Waals surface area (Å²) in [4.78, 5) is 25.4. The molecule has 1 saturated heterocycles. The van der Waals surface area contributed by atoms with E-state index < -0.39 is 17.4 Å². The van der Waals surface area contributed by atoms with Gasteiger partial charge in [-0.05, 0) is 31.9 Å². The molecule has 0 radical (unpaired) electrons. The van der Waals surface area contributed by atoms with Gasteiger partial charge in [-0.2, -0.15) is 0 Å². The van der Waals surface area contributed by atoms with E-state index in [4.69, 9.17) is 4.74 Å². The van der Waals surface area contributed by atoms with Crippen LogP contribution in [0.15, 0.2) is 6.07 Å². The number of rotatable bonds is 4. The van der Waals surface area contributed by atoms with Crippen LogP contribution >= 0.6 is 11.3 Å². The van der Waals surface area contributed by atoms with Crippen molar-refractivity contribution in [1.29, 1.82) is 0 Å². The summed E-state index contributed by atoms with van der Waals surface area (Å²) in [6, 6.07) is 1.35. The summed E-state index contributed by atoms with van der Waals surface area (Å²) >= 11 is 1.46. The largest absolute Gasteiger partial charge is 0.481 e. The molecule has 0 spiro atoms. The molecule has 0 aromatic carbocycles. The van der Waals surface area contributed by atoms with Gasteiger partial charge in [-0.3, -0.25) is 9.59 Å². The minimum Gasteiger partial charge on any atom is -0.481 e. The van der Waals surface area contributed by atoms with Crippen LogP contribution < -0.4 is 5.32 Å². The highest BCUT2D eigenvalue weighted by Crippen LogP contribution is 2.29. The molecule has 2 N–H and O–H groups in total. The lowest BCUT2D eigenvalue weighted by molar-refractivity contribution is -0.148. The summed E-state index contributed by atoms with van der Waals surface area (Å²) in [5.74, 6) is -1.17. The third-order valence-corrected chi connectivity index (χ3v) is 5.20. The fraction of sp³-hybridized carbons (Fsp3) is 0.571.